The Labute approximate surface area is 114 Å². The molecule has 0 unspecified atom stereocenters. The molecule has 6 heteroatoms. The standard InChI is InChI=1S/C12H22N2O2S2/c1-5-12(2,3)9-14-18(15,16)11-6-7-17-10(11)8-13-4/h6-7,13-14H,5,8-9H2,1-4H3. The molecule has 104 valence electrons. The van der Waals surface area contributed by atoms with Crippen molar-refractivity contribution in [3.8, 4) is 0 Å². The lowest BCUT2D eigenvalue weighted by Gasteiger charge is -2.22. The molecule has 2 N–H and O–H groups in total. The molecule has 0 aromatic carbocycles. The summed E-state index contributed by atoms with van der Waals surface area (Å²) in [5.74, 6) is 0. The highest BCUT2D eigenvalue weighted by atomic mass is 32.2. The third kappa shape index (κ3) is 4.05. The van der Waals surface area contributed by atoms with Gasteiger partial charge in [-0.2, -0.15) is 0 Å². The van der Waals surface area contributed by atoms with Gasteiger partial charge in [-0.25, -0.2) is 13.1 Å². The molecule has 0 bridgehead atoms. The zero-order valence-electron chi connectivity index (χ0n) is 11.4. The molecule has 0 saturated carbocycles. The van der Waals surface area contributed by atoms with E-state index in [4.69, 9.17) is 0 Å². The molecular formula is C12H22N2O2S2. The van der Waals surface area contributed by atoms with Gasteiger partial charge in [-0.15, -0.1) is 11.3 Å². The van der Waals surface area contributed by atoms with Crippen molar-refractivity contribution in [1.82, 2.24) is 10.0 Å². The van der Waals surface area contributed by atoms with E-state index < -0.39 is 10.0 Å². The molecule has 0 aliphatic carbocycles. The molecule has 0 atom stereocenters. The SMILES string of the molecule is CCC(C)(C)CNS(=O)(=O)c1ccsc1CNC. The second-order valence-electron chi connectivity index (χ2n) is 5.08. The van der Waals surface area contributed by atoms with E-state index in [2.05, 4.69) is 30.8 Å². The van der Waals surface area contributed by atoms with Crippen LogP contribution in [0.5, 0.6) is 0 Å². The third-order valence-corrected chi connectivity index (χ3v) is 5.57. The van der Waals surface area contributed by atoms with Crippen molar-refractivity contribution in [1.29, 1.82) is 0 Å². The molecule has 1 heterocycles. The number of hydrogen-bond acceptors (Lipinski definition) is 4. The quantitative estimate of drug-likeness (QED) is 0.809. The fourth-order valence-corrected chi connectivity index (χ4v) is 4.05. The first-order chi connectivity index (χ1) is 8.32. The monoisotopic (exact) mass is 290 g/mol. The van der Waals surface area contributed by atoms with Gasteiger partial charge < -0.3 is 5.32 Å². The van der Waals surface area contributed by atoms with Crippen LogP contribution in [-0.4, -0.2) is 22.0 Å². The van der Waals surface area contributed by atoms with Gasteiger partial charge in [-0.1, -0.05) is 20.8 Å². The second kappa shape index (κ2) is 6.14. The van der Waals surface area contributed by atoms with Gasteiger partial charge in [-0.05, 0) is 30.3 Å². The predicted octanol–water partition coefficient (Wildman–Crippen LogP) is 2.18. The normalized spacial score (nSPS) is 12.9. The van der Waals surface area contributed by atoms with Crippen LogP contribution in [0.2, 0.25) is 0 Å². The first-order valence-electron chi connectivity index (χ1n) is 6.03. The Morgan fingerprint density at radius 2 is 2.06 bits per heavy atom. The van der Waals surface area contributed by atoms with Gasteiger partial charge in [0.2, 0.25) is 10.0 Å². The smallest absolute Gasteiger partial charge is 0.241 e. The average molecular weight is 290 g/mol. The summed E-state index contributed by atoms with van der Waals surface area (Å²) < 4.78 is 27.1. The van der Waals surface area contributed by atoms with Gasteiger partial charge in [0, 0.05) is 18.0 Å². The van der Waals surface area contributed by atoms with Crippen LogP contribution in [0.25, 0.3) is 0 Å². The van der Waals surface area contributed by atoms with Gasteiger partial charge in [-0.3, -0.25) is 0 Å². The summed E-state index contributed by atoms with van der Waals surface area (Å²) in [6.45, 7) is 7.20. The molecule has 4 nitrogen and oxygen atoms in total. The van der Waals surface area contributed by atoms with Crippen LogP contribution >= 0.6 is 11.3 Å². The molecule has 0 aliphatic heterocycles. The topological polar surface area (TPSA) is 58.2 Å². The number of thiophene rings is 1. The van der Waals surface area contributed by atoms with E-state index in [0.717, 1.165) is 11.3 Å². The zero-order valence-corrected chi connectivity index (χ0v) is 13.0. The Balaban J connectivity index is 2.83. The lowest BCUT2D eigenvalue weighted by atomic mass is 9.91. The van der Waals surface area contributed by atoms with Gasteiger partial charge in [0.1, 0.15) is 0 Å². The maximum atomic E-state index is 12.2. The van der Waals surface area contributed by atoms with E-state index in [-0.39, 0.29) is 5.41 Å². The largest absolute Gasteiger partial charge is 0.315 e. The van der Waals surface area contributed by atoms with Crippen molar-refractivity contribution in [2.45, 2.75) is 38.6 Å². The highest BCUT2D eigenvalue weighted by Gasteiger charge is 2.23. The van der Waals surface area contributed by atoms with Crippen molar-refractivity contribution in [3.63, 3.8) is 0 Å². The molecule has 1 aromatic heterocycles. The number of nitrogens with one attached hydrogen (secondary N) is 2. The molecule has 1 aromatic rings. The molecule has 0 radical (unpaired) electrons. The lowest BCUT2D eigenvalue weighted by molar-refractivity contribution is 0.350. The van der Waals surface area contributed by atoms with Gasteiger partial charge in [0.05, 0.1) is 4.90 Å². The van der Waals surface area contributed by atoms with Crippen LogP contribution in [0.15, 0.2) is 16.3 Å². The molecule has 0 saturated heterocycles. The molecule has 0 fully saturated rings. The molecule has 0 aliphatic rings. The molecular weight excluding hydrogens is 268 g/mol. The number of sulfonamides is 1. The van der Waals surface area contributed by atoms with E-state index in [1.54, 1.807) is 6.07 Å². The van der Waals surface area contributed by atoms with E-state index in [9.17, 15) is 8.42 Å². The minimum Gasteiger partial charge on any atom is -0.315 e. The highest BCUT2D eigenvalue weighted by Crippen LogP contribution is 2.23. The number of rotatable bonds is 7. The Hall–Kier alpha value is -0.430. The summed E-state index contributed by atoms with van der Waals surface area (Å²) in [6, 6.07) is 1.67. The Morgan fingerprint density at radius 3 is 2.61 bits per heavy atom. The lowest BCUT2D eigenvalue weighted by Crippen LogP contribution is -2.34. The summed E-state index contributed by atoms with van der Waals surface area (Å²) in [7, 11) is -1.58. The molecule has 0 amide bonds. The highest BCUT2D eigenvalue weighted by molar-refractivity contribution is 7.89. The van der Waals surface area contributed by atoms with Gasteiger partial charge >= 0.3 is 0 Å². The summed E-state index contributed by atoms with van der Waals surface area (Å²) in [4.78, 5) is 1.24. The summed E-state index contributed by atoms with van der Waals surface area (Å²) >= 11 is 1.46. The Bertz CT molecular complexity index is 478. The zero-order chi connectivity index (χ0) is 13.8. The summed E-state index contributed by atoms with van der Waals surface area (Å²) in [6.07, 6.45) is 0.933. The van der Waals surface area contributed by atoms with Crippen LogP contribution in [0.3, 0.4) is 0 Å². The second-order valence-corrected chi connectivity index (χ2v) is 7.82. The fourth-order valence-electron chi connectivity index (χ4n) is 1.35. The van der Waals surface area contributed by atoms with Crippen molar-refractivity contribution in [2.24, 2.45) is 5.41 Å². The minimum absolute atomic E-state index is 0.0216. The van der Waals surface area contributed by atoms with Crippen LogP contribution in [0.4, 0.5) is 0 Å². The third-order valence-electron chi connectivity index (χ3n) is 3.03. The van der Waals surface area contributed by atoms with Crippen LogP contribution < -0.4 is 10.0 Å². The van der Waals surface area contributed by atoms with Crippen LogP contribution in [-0.2, 0) is 16.6 Å². The van der Waals surface area contributed by atoms with Crippen molar-refractivity contribution in [3.05, 3.63) is 16.3 Å². The first kappa shape index (κ1) is 15.6. The molecule has 0 spiro atoms. The summed E-state index contributed by atoms with van der Waals surface area (Å²) in [5, 5.41) is 4.80. The Morgan fingerprint density at radius 1 is 1.39 bits per heavy atom. The van der Waals surface area contributed by atoms with E-state index in [1.807, 2.05) is 12.4 Å². The summed E-state index contributed by atoms with van der Waals surface area (Å²) in [5.41, 5.74) is -0.0216. The van der Waals surface area contributed by atoms with E-state index >= 15 is 0 Å². The van der Waals surface area contributed by atoms with Crippen molar-refractivity contribution in [2.75, 3.05) is 13.6 Å². The fraction of sp³-hybridized carbons (Fsp3) is 0.667. The van der Waals surface area contributed by atoms with E-state index in [1.165, 1.54) is 11.3 Å². The average Bonchev–Trinajstić information content (AvgIpc) is 2.76. The van der Waals surface area contributed by atoms with Gasteiger partial charge in [0.25, 0.3) is 0 Å². The van der Waals surface area contributed by atoms with Crippen LogP contribution in [0.1, 0.15) is 32.1 Å². The Kier molecular flexibility index (Phi) is 5.33. The van der Waals surface area contributed by atoms with Crippen LogP contribution in [0, 0.1) is 5.41 Å². The van der Waals surface area contributed by atoms with Crippen molar-refractivity contribution >= 4 is 21.4 Å². The predicted molar refractivity (Wildman–Crippen MR) is 76.3 cm³/mol. The number of hydrogen-bond donors (Lipinski definition) is 2. The molecule has 1 rings (SSSR count). The first-order valence-corrected chi connectivity index (χ1v) is 8.39. The molecule has 18 heavy (non-hydrogen) atoms. The minimum atomic E-state index is -3.39. The van der Waals surface area contributed by atoms with E-state index in [0.29, 0.717) is 18.0 Å². The van der Waals surface area contributed by atoms with Crippen molar-refractivity contribution < 1.29 is 8.42 Å². The van der Waals surface area contributed by atoms with Gasteiger partial charge in [0.15, 0.2) is 0 Å². The maximum Gasteiger partial charge on any atom is 0.241 e. The maximum absolute atomic E-state index is 12.2.